The molecule has 0 aromatic rings. The average molecular weight is 186 g/mol. The van der Waals surface area contributed by atoms with Gasteiger partial charge in [0, 0.05) is 0 Å². The van der Waals surface area contributed by atoms with Crippen molar-refractivity contribution in [3.05, 3.63) is 0 Å². The van der Waals surface area contributed by atoms with E-state index in [0.717, 1.165) is 12.8 Å². The molecule has 1 saturated carbocycles. The first kappa shape index (κ1) is 11.0. The van der Waals surface area contributed by atoms with E-state index in [1.807, 2.05) is 13.8 Å². The first-order chi connectivity index (χ1) is 5.83. The lowest BCUT2D eigenvalue weighted by Crippen LogP contribution is -2.55. The molecule has 2 nitrogen and oxygen atoms in total. The Hall–Kier alpha value is -0.0800. The van der Waals surface area contributed by atoms with Gasteiger partial charge in [-0.25, -0.2) is 0 Å². The van der Waals surface area contributed by atoms with E-state index in [4.69, 9.17) is 0 Å². The summed E-state index contributed by atoms with van der Waals surface area (Å²) in [6.45, 7) is 8.16. The number of hydrogen-bond donors (Lipinski definition) is 2. The zero-order chi connectivity index (χ0) is 10.3. The van der Waals surface area contributed by atoms with Crippen molar-refractivity contribution in [1.82, 2.24) is 0 Å². The van der Waals surface area contributed by atoms with Gasteiger partial charge in [0.1, 0.15) is 0 Å². The summed E-state index contributed by atoms with van der Waals surface area (Å²) in [6, 6.07) is 0. The SMILES string of the molecule is CC[C@]1(O)[C@H](C)C[C@@H](O)CC1(C)C. The minimum Gasteiger partial charge on any atom is -0.393 e. The van der Waals surface area contributed by atoms with E-state index in [1.165, 1.54) is 0 Å². The Labute approximate surface area is 81.0 Å². The number of hydrogen-bond acceptors (Lipinski definition) is 2. The van der Waals surface area contributed by atoms with Crippen molar-refractivity contribution < 1.29 is 10.2 Å². The Balaban J connectivity index is 2.92. The lowest BCUT2D eigenvalue weighted by Gasteiger charge is -2.51. The molecule has 0 aromatic carbocycles. The molecular weight excluding hydrogens is 164 g/mol. The van der Waals surface area contributed by atoms with Gasteiger partial charge >= 0.3 is 0 Å². The highest BCUT2D eigenvalue weighted by atomic mass is 16.3. The zero-order valence-corrected chi connectivity index (χ0v) is 9.17. The number of aliphatic hydroxyl groups is 2. The Morgan fingerprint density at radius 2 is 1.92 bits per heavy atom. The molecule has 0 unspecified atom stereocenters. The summed E-state index contributed by atoms with van der Waals surface area (Å²) in [5, 5.41) is 20.1. The van der Waals surface area contributed by atoms with Crippen molar-refractivity contribution >= 4 is 0 Å². The van der Waals surface area contributed by atoms with Crippen molar-refractivity contribution in [1.29, 1.82) is 0 Å². The van der Waals surface area contributed by atoms with Gasteiger partial charge in [0.15, 0.2) is 0 Å². The first-order valence-corrected chi connectivity index (χ1v) is 5.24. The van der Waals surface area contributed by atoms with E-state index in [0.29, 0.717) is 6.42 Å². The van der Waals surface area contributed by atoms with Crippen LogP contribution in [0.2, 0.25) is 0 Å². The molecule has 13 heavy (non-hydrogen) atoms. The zero-order valence-electron chi connectivity index (χ0n) is 9.17. The van der Waals surface area contributed by atoms with E-state index in [1.54, 1.807) is 0 Å². The molecule has 1 fully saturated rings. The molecule has 0 aromatic heterocycles. The van der Waals surface area contributed by atoms with Gasteiger partial charge in [-0.1, -0.05) is 27.7 Å². The monoisotopic (exact) mass is 186 g/mol. The molecule has 0 heterocycles. The molecule has 2 heteroatoms. The molecule has 1 aliphatic rings. The number of aliphatic hydroxyl groups excluding tert-OH is 1. The lowest BCUT2D eigenvalue weighted by molar-refractivity contribution is -0.161. The van der Waals surface area contributed by atoms with Gasteiger partial charge in [0.2, 0.25) is 0 Å². The summed E-state index contributed by atoms with van der Waals surface area (Å²) in [6.07, 6.45) is 1.97. The van der Waals surface area contributed by atoms with Crippen LogP contribution in [0.15, 0.2) is 0 Å². The van der Waals surface area contributed by atoms with Gasteiger partial charge in [-0.3, -0.25) is 0 Å². The fourth-order valence-corrected chi connectivity index (χ4v) is 2.95. The standard InChI is InChI=1S/C11H22O2/c1-5-11(13)8(2)6-9(12)7-10(11,3)4/h8-9,12-13H,5-7H2,1-4H3/t8-,9-,11+/m1/s1. The van der Waals surface area contributed by atoms with E-state index in [9.17, 15) is 10.2 Å². The van der Waals surface area contributed by atoms with Crippen molar-refractivity contribution in [2.24, 2.45) is 11.3 Å². The largest absolute Gasteiger partial charge is 0.393 e. The molecule has 0 saturated heterocycles. The van der Waals surface area contributed by atoms with Crippen LogP contribution in [0, 0.1) is 11.3 Å². The smallest absolute Gasteiger partial charge is 0.0723 e. The quantitative estimate of drug-likeness (QED) is 0.657. The second-order valence-electron chi connectivity index (χ2n) is 5.16. The van der Waals surface area contributed by atoms with Crippen LogP contribution in [-0.4, -0.2) is 21.9 Å². The molecule has 78 valence electrons. The molecule has 0 spiro atoms. The second kappa shape index (κ2) is 3.25. The highest BCUT2D eigenvalue weighted by molar-refractivity contribution is 5.01. The predicted molar refractivity (Wildman–Crippen MR) is 53.4 cm³/mol. The first-order valence-electron chi connectivity index (χ1n) is 5.24. The summed E-state index contributed by atoms with van der Waals surface area (Å²) < 4.78 is 0. The third kappa shape index (κ3) is 1.62. The maximum Gasteiger partial charge on any atom is 0.0723 e. The van der Waals surface area contributed by atoms with E-state index < -0.39 is 5.60 Å². The summed E-state index contributed by atoms with van der Waals surface area (Å²) in [4.78, 5) is 0. The summed E-state index contributed by atoms with van der Waals surface area (Å²) >= 11 is 0. The highest BCUT2D eigenvalue weighted by Gasteiger charge is 2.50. The van der Waals surface area contributed by atoms with E-state index in [-0.39, 0.29) is 17.4 Å². The third-order valence-corrected chi connectivity index (χ3v) is 3.90. The van der Waals surface area contributed by atoms with Crippen LogP contribution in [-0.2, 0) is 0 Å². The normalized spacial score (nSPS) is 44.8. The van der Waals surface area contributed by atoms with Crippen molar-refractivity contribution in [2.75, 3.05) is 0 Å². The van der Waals surface area contributed by atoms with Crippen LogP contribution < -0.4 is 0 Å². The molecule has 3 atom stereocenters. The van der Waals surface area contributed by atoms with Crippen LogP contribution >= 0.6 is 0 Å². The van der Waals surface area contributed by atoms with Gasteiger partial charge in [0.25, 0.3) is 0 Å². The molecule has 0 bridgehead atoms. The fraction of sp³-hybridized carbons (Fsp3) is 1.00. The van der Waals surface area contributed by atoms with Crippen LogP contribution in [0.3, 0.4) is 0 Å². The van der Waals surface area contributed by atoms with Crippen molar-refractivity contribution in [3.8, 4) is 0 Å². The van der Waals surface area contributed by atoms with E-state index >= 15 is 0 Å². The average Bonchev–Trinajstić information content (AvgIpc) is 1.98. The van der Waals surface area contributed by atoms with Gasteiger partial charge in [0.05, 0.1) is 11.7 Å². The second-order valence-corrected chi connectivity index (χ2v) is 5.16. The minimum absolute atomic E-state index is 0.168. The van der Waals surface area contributed by atoms with Gasteiger partial charge in [-0.05, 0) is 30.6 Å². The maximum absolute atomic E-state index is 10.5. The molecule has 1 rings (SSSR count). The molecule has 0 amide bonds. The summed E-state index contributed by atoms with van der Waals surface area (Å²) in [5.41, 5.74) is -0.773. The minimum atomic E-state index is -0.605. The van der Waals surface area contributed by atoms with Gasteiger partial charge in [-0.15, -0.1) is 0 Å². The van der Waals surface area contributed by atoms with Crippen LogP contribution in [0.5, 0.6) is 0 Å². The van der Waals surface area contributed by atoms with E-state index in [2.05, 4.69) is 13.8 Å². The fourth-order valence-electron chi connectivity index (χ4n) is 2.95. The molecular formula is C11H22O2. The third-order valence-electron chi connectivity index (χ3n) is 3.90. The summed E-state index contributed by atoms with van der Waals surface area (Å²) in [7, 11) is 0. The van der Waals surface area contributed by atoms with Crippen LogP contribution in [0.25, 0.3) is 0 Å². The summed E-state index contributed by atoms with van der Waals surface area (Å²) in [5.74, 6) is 0.191. The Bertz CT molecular complexity index is 189. The Morgan fingerprint density at radius 3 is 2.31 bits per heavy atom. The van der Waals surface area contributed by atoms with Crippen molar-refractivity contribution in [2.45, 2.75) is 58.7 Å². The molecule has 0 radical (unpaired) electrons. The number of rotatable bonds is 1. The van der Waals surface area contributed by atoms with Crippen LogP contribution in [0.4, 0.5) is 0 Å². The van der Waals surface area contributed by atoms with Gasteiger partial charge in [-0.2, -0.15) is 0 Å². The predicted octanol–water partition coefficient (Wildman–Crippen LogP) is 1.94. The molecule has 2 N–H and O–H groups in total. The topological polar surface area (TPSA) is 40.5 Å². The maximum atomic E-state index is 10.5. The van der Waals surface area contributed by atoms with Gasteiger partial charge < -0.3 is 10.2 Å². The lowest BCUT2D eigenvalue weighted by atomic mass is 9.59. The Kier molecular flexibility index (Phi) is 2.75. The highest BCUT2D eigenvalue weighted by Crippen LogP contribution is 2.48. The molecule has 1 aliphatic carbocycles. The van der Waals surface area contributed by atoms with Crippen LogP contribution in [0.1, 0.15) is 47.0 Å². The molecule has 0 aliphatic heterocycles. The Morgan fingerprint density at radius 1 is 1.38 bits per heavy atom. The van der Waals surface area contributed by atoms with Crippen molar-refractivity contribution in [3.63, 3.8) is 0 Å².